The molecule has 2 N–H and O–H groups in total. The lowest BCUT2D eigenvalue weighted by Crippen LogP contribution is -2.56. The van der Waals surface area contributed by atoms with Crippen LogP contribution in [0.4, 0.5) is 4.39 Å². The molecule has 0 spiro atoms. The van der Waals surface area contributed by atoms with Crippen molar-refractivity contribution in [1.82, 2.24) is 15.5 Å². The lowest BCUT2D eigenvalue weighted by Gasteiger charge is -2.30. The number of methoxy groups -OCH3 is 1. The predicted octanol–water partition coefficient (Wildman–Crippen LogP) is 1.57. The number of likely N-dealkylation sites (tertiary alicyclic amines) is 1. The van der Waals surface area contributed by atoms with Crippen LogP contribution in [0.25, 0.3) is 0 Å². The first-order valence-corrected chi connectivity index (χ1v) is 10.8. The molecular formula is C23H32FN3O5. The van der Waals surface area contributed by atoms with Crippen molar-refractivity contribution in [2.24, 2.45) is 5.92 Å². The monoisotopic (exact) mass is 449 g/mol. The molecule has 3 atom stereocenters. The molecule has 1 aliphatic rings. The number of carbonyl (C=O) groups excluding carboxylic acids is 4. The van der Waals surface area contributed by atoms with E-state index in [0.29, 0.717) is 31.4 Å². The summed E-state index contributed by atoms with van der Waals surface area (Å²) in [5.74, 6) is -2.04. The number of carbonyl (C=O) groups is 4. The molecular weight excluding hydrogens is 417 g/mol. The highest BCUT2D eigenvalue weighted by Gasteiger charge is 2.39. The summed E-state index contributed by atoms with van der Waals surface area (Å²) in [6, 6.07) is 3.20. The number of hydrogen-bond donors (Lipinski definition) is 2. The quantitative estimate of drug-likeness (QED) is 0.557. The third-order valence-electron chi connectivity index (χ3n) is 5.38. The lowest BCUT2D eigenvalue weighted by molar-refractivity contribution is -0.152. The van der Waals surface area contributed by atoms with Gasteiger partial charge in [-0.15, -0.1) is 0 Å². The first-order chi connectivity index (χ1) is 15.1. The minimum atomic E-state index is -0.935. The Kier molecular flexibility index (Phi) is 9.16. The number of amides is 3. The SMILES string of the molecule is COC(=O)[C@@H]1CCCN1C(=O)[C@H](CC(C)C)NC(=O)[C@H](Cc1ccc(F)cc1)NC(C)=O. The van der Waals surface area contributed by atoms with Crippen molar-refractivity contribution < 1.29 is 28.3 Å². The van der Waals surface area contributed by atoms with E-state index in [0.717, 1.165) is 0 Å². The van der Waals surface area contributed by atoms with Gasteiger partial charge in [0.15, 0.2) is 0 Å². The number of esters is 1. The average Bonchev–Trinajstić information content (AvgIpc) is 3.22. The smallest absolute Gasteiger partial charge is 0.328 e. The summed E-state index contributed by atoms with van der Waals surface area (Å²) in [5, 5.41) is 5.37. The molecule has 0 radical (unpaired) electrons. The van der Waals surface area contributed by atoms with Crippen LogP contribution in [0.1, 0.15) is 45.6 Å². The fourth-order valence-corrected chi connectivity index (χ4v) is 3.89. The molecule has 1 fully saturated rings. The van der Waals surface area contributed by atoms with Crippen LogP contribution in [-0.2, 0) is 30.3 Å². The molecule has 0 bridgehead atoms. The fourth-order valence-electron chi connectivity index (χ4n) is 3.89. The van der Waals surface area contributed by atoms with Gasteiger partial charge in [-0.2, -0.15) is 0 Å². The Morgan fingerprint density at radius 2 is 1.78 bits per heavy atom. The number of rotatable bonds is 9. The predicted molar refractivity (Wildman–Crippen MR) is 116 cm³/mol. The van der Waals surface area contributed by atoms with Gasteiger partial charge in [0.1, 0.15) is 23.9 Å². The summed E-state index contributed by atoms with van der Waals surface area (Å²) in [6.45, 7) is 5.57. The zero-order valence-corrected chi connectivity index (χ0v) is 19.0. The van der Waals surface area contributed by atoms with Crippen LogP contribution in [0.5, 0.6) is 0 Å². The van der Waals surface area contributed by atoms with Crippen LogP contribution >= 0.6 is 0 Å². The van der Waals surface area contributed by atoms with Crippen molar-refractivity contribution in [2.45, 2.75) is 64.6 Å². The molecule has 9 heteroatoms. The van der Waals surface area contributed by atoms with E-state index in [2.05, 4.69) is 10.6 Å². The van der Waals surface area contributed by atoms with E-state index < -0.39 is 41.7 Å². The van der Waals surface area contributed by atoms with Gasteiger partial charge in [-0.3, -0.25) is 14.4 Å². The maximum atomic E-state index is 13.3. The molecule has 1 aromatic rings. The number of halogens is 1. The van der Waals surface area contributed by atoms with Crippen molar-refractivity contribution in [3.63, 3.8) is 0 Å². The molecule has 1 saturated heterocycles. The van der Waals surface area contributed by atoms with Gasteiger partial charge in [0.2, 0.25) is 17.7 Å². The van der Waals surface area contributed by atoms with Gasteiger partial charge >= 0.3 is 5.97 Å². The maximum absolute atomic E-state index is 13.3. The van der Waals surface area contributed by atoms with Crippen molar-refractivity contribution >= 4 is 23.7 Å². The Hall–Kier alpha value is -2.97. The van der Waals surface area contributed by atoms with Crippen LogP contribution in [-0.4, -0.2) is 60.4 Å². The van der Waals surface area contributed by atoms with Crippen molar-refractivity contribution in [3.05, 3.63) is 35.6 Å². The van der Waals surface area contributed by atoms with Gasteiger partial charge < -0.3 is 20.3 Å². The minimum absolute atomic E-state index is 0.0970. The molecule has 1 aliphatic heterocycles. The molecule has 3 amide bonds. The summed E-state index contributed by atoms with van der Waals surface area (Å²) >= 11 is 0. The molecule has 176 valence electrons. The van der Waals surface area contributed by atoms with Crippen LogP contribution in [0.15, 0.2) is 24.3 Å². The molecule has 0 saturated carbocycles. The van der Waals surface area contributed by atoms with Crippen LogP contribution in [0.2, 0.25) is 0 Å². The largest absolute Gasteiger partial charge is 0.467 e. The molecule has 2 rings (SSSR count). The van der Waals surface area contributed by atoms with Crippen molar-refractivity contribution in [3.8, 4) is 0 Å². The molecule has 1 heterocycles. The normalized spacial score (nSPS) is 17.6. The van der Waals surface area contributed by atoms with E-state index in [1.54, 1.807) is 12.1 Å². The highest BCUT2D eigenvalue weighted by molar-refractivity contribution is 5.93. The standard InChI is InChI=1S/C23H32FN3O5/c1-14(2)12-19(22(30)27-11-5-6-20(27)23(31)32-4)26-21(29)18(25-15(3)28)13-16-7-9-17(24)10-8-16/h7-10,14,18-20H,5-6,11-13H2,1-4H3,(H,25,28)(H,26,29)/t18-,19-,20-/m0/s1. The summed E-state index contributed by atoms with van der Waals surface area (Å²) in [6.07, 6.45) is 1.70. The van der Waals surface area contributed by atoms with Gasteiger partial charge in [-0.05, 0) is 42.9 Å². The summed E-state index contributed by atoms with van der Waals surface area (Å²) in [4.78, 5) is 51.6. The van der Waals surface area contributed by atoms with Crippen LogP contribution in [0.3, 0.4) is 0 Å². The molecule has 0 aliphatic carbocycles. The number of hydrogen-bond acceptors (Lipinski definition) is 5. The van der Waals surface area contributed by atoms with Crippen LogP contribution < -0.4 is 10.6 Å². The van der Waals surface area contributed by atoms with Gasteiger partial charge in [-0.1, -0.05) is 26.0 Å². The first kappa shape index (κ1) is 25.3. The van der Waals surface area contributed by atoms with Crippen molar-refractivity contribution in [2.75, 3.05) is 13.7 Å². The summed E-state index contributed by atoms with van der Waals surface area (Å²) in [5.41, 5.74) is 0.664. The van der Waals surface area contributed by atoms with Crippen LogP contribution in [0, 0.1) is 11.7 Å². The molecule has 8 nitrogen and oxygen atoms in total. The summed E-state index contributed by atoms with van der Waals surface area (Å²) < 4.78 is 18.0. The van der Waals surface area contributed by atoms with E-state index in [9.17, 15) is 23.6 Å². The number of nitrogens with one attached hydrogen (secondary N) is 2. The second kappa shape index (κ2) is 11.6. The second-order valence-corrected chi connectivity index (χ2v) is 8.49. The third-order valence-corrected chi connectivity index (χ3v) is 5.38. The average molecular weight is 450 g/mol. The molecule has 0 unspecified atom stereocenters. The number of ether oxygens (including phenoxy) is 1. The van der Waals surface area contributed by atoms with Crippen molar-refractivity contribution in [1.29, 1.82) is 0 Å². The molecule has 0 aromatic heterocycles. The Morgan fingerprint density at radius 3 is 2.34 bits per heavy atom. The fraction of sp³-hybridized carbons (Fsp3) is 0.565. The topological polar surface area (TPSA) is 105 Å². The zero-order chi connectivity index (χ0) is 23.8. The number of benzene rings is 1. The molecule has 1 aromatic carbocycles. The Morgan fingerprint density at radius 1 is 1.12 bits per heavy atom. The Balaban J connectivity index is 2.19. The Bertz CT molecular complexity index is 827. The minimum Gasteiger partial charge on any atom is -0.467 e. The number of nitrogens with zero attached hydrogens (tertiary/aromatic N) is 1. The zero-order valence-electron chi connectivity index (χ0n) is 19.0. The highest BCUT2D eigenvalue weighted by atomic mass is 19.1. The first-order valence-electron chi connectivity index (χ1n) is 10.8. The van der Waals surface area contributed by atoms with E-state index >= 15 is 0 Å². The van der Waals surface area contributed by atoms with E-state index in [-0.39, 0.29) is 18.2 Å². The highest BCUT2D eigenvalue weighted by Crippen LogP contribution is 2.21. The maximum Gasteiger partial charge on any atom is 0.328 e. The molecule has 32 heavy (non-hydrogen) atoms. The van der Waals surface area contributed by atoms with Gasteiger partial charge in [0.05, 0.1) is 7.11 Å². The summed E-state index contributed by atoms with van der Waals surface area (Å²) in [7, 11) is 1.28. The van der Waals surface area contributed by atoms with E-state index in [4.69, 9.17) is 4.74 Å². The Labute approximate surface area is 187 Å². The van der Waals surface area contributed by atoms with Gasteiger partial charge in [0, 0.05) is 19.9 Å². The third kappa shape index (κ3) is 7.03. The second-order valence-electron chi connectivity index (χ2n) is 8.49. The van der Waals surface area contributed by atoms with E-state index in [1.165, 1.54) is 31.1 Å². The van der Waals surface area contributed by atoms with Gasteiger partial charge in [-0.25, -0.2) is 9.18 Å². The van der Waals surface area contributed by atoms with E-state index in [1.807, 2.05) is 13.8 Å². The lowest BCUT2D eigenvalue weighted by atomic mass is 10.00. The van der Waals surface area contributed by atoms with Gasteiger partial charge in [0.25, 0.3) is 0 Å².